The summed E-state index contributed by atoms with van der Waals surface area (Å²) in [6.45, 7) is 4.43. The number of carbonyl (C=O) groups excluding carboxylic acids is 1. The van der Waals surface area contributed by atoms with Crippen molar-refractivity contribution >= 4 is 5.91 Å². The molecule has 0 radical (unpaired) electrons. The van der Waals surface area contributed by atoms with Crippen LogP contribution in [0, 0.1) is 0 Å². The van der Waals surface area contributed by atoms with Crippen LogP contribution < -0.4 is 10.1 Å². The minimum atomic E-state index is -0.323. The monoisotopic (exact) mass is 306 g/mol. The highest BCUT2D eigenvalue weighted by molar-refractivity contribution is 5.72. The first-order valence-electron chi connectivity index (χ1n) is 8.03. The first-order valence-corrected chi connectivity index (χ1v) is 8.03. The molecule has 0 saturated carbocycles. The molecule has 1 unspecified atom stereocenters. The molecule has 122 valence electrons. The van der Waals surface area contributed by atoms with Crippen molar-refractivity contribution in [3.63, 3.8) is 0 Å². The van der Waals surface area contributed by atoms with Gasteiger partial charge in [0.2, 0.25) is 5.91 Å². The summed E-state index contributed by atoms with van der Waals surface area (Å²) in [6.07, 6.45) is 3.58. The van der Waals surface area contributed by atoms with Gasteiger partial charge in [0.05, 0.1) is 6.61 Å². The number of rotatable bonds is 7. The Labute approximate surface area is 132 Å². The Balaban J connectivity index is 1.78. The zero-order valence-corrected chi connectivity index (χ0v) is 13.3. The van der Waals surface area contributed by atoms with E-state index in [0.717, 1.165) is 50.1 Å². The molecule has 1 amide bonds. The summed E-state index contributed by atoms with van der Waals surface area (Å²) in [5.74, 6) is 0.828. The van der Waals surface area contributed by atoms with Gasteiger partial charge < -0.3 is 15.2 Å². The van der Waals surface area contributed by atoms with E-state index in [-0.39, 0.29) is 12.1 Å². The van der Waals surface area contributed by atoms with Gasteiger partial charge in [-0.2, -0.15) is 0 Å². The number of carbonyl (C=O) groups is 1. The lowest BCUT2D eigenvalue weighted by molar-refractivity contribution is -0.118. The molecule has 5 heteroatoms. The third-order valence-corrected chi connectivity index (χ3v) is 3.83. The second-order valence-electron chi connectivity index (χ2n) is 5.78. The minimum absolute atomic E-state index is 0.0120. The lowest BCUT2D eigenvalue weighted by Gasteiger charge is -2.32. The fraction of sp³-hybridized carbons (Fsp3) is 0.588. The molecule has 0 spiro atoms. The molecule has 1 saturated heterocycles. The normalized spacial score (nSPS) is 18.9. The summed E-state index contributed by atoms with van der Waals surface area (Å²) < 4.78 is 5.71. The van der Waals surface area contributed by atoms with Crippen LogP contribution >= 0.6 is 0 Å². The Bertz CT molecular complexity index is 479. The smallest absolute Gasteiger partial charge is 0.216 e. The maximum atomic E-state index is 10.8. The lowest BCUT2D eigenvalue weighted by Crippen LogP contribution is -2.38. The summed E-state index contributed by atoms with van der Waals surface area (Å²) in [7, 11) is 0. The number of piperidine rings is 1. The van der Waals surface area contributed by atoms with Crippen molar-refractivity contribution in [1.29, 1.82) is 0 Å². The van der Waals surface area contributed by atoms with E-state index in [1.54, 1.807) is 0 Å². The standard InChI is InChI=1S/C17H26N2O3/c1-14(20)18-9-5-11-22-16-7-4-6-15(12-16)13-19-10-3-2-8-17(19)21/h4,6-7,12,17,21H,2-3,5,8-11,13H2,1H3,(H,18,20). The molecular weight excluding hydrogens is 280 g/mol. The van der Waals surface area contributed by atoms with Gasteiger partial charge in [-0.05, 0) is 43.4 Å². The summed E-state index contributed by atoms with van der Waals surface area (Å²) in [5.41, 5.74) is 1.15. The zero-order valence-electron chi connectivity index (χ0n) is 13.3. The number of aliphatic hydroxyl groups excluding tert-OH is 1. The van der Waals surface area contributed by atoms with Crippen molar-refractivity contribution in [3.05, 3.63) is 29.8 Å². The van der Waals surface area contributed by atoms with Crippen molar-refractivity contribution in [3.8, 4) is 5.75 Å². The second kappa shape index (κ2) is 8.76. The zero-order chi connectivity index (χ0) is 15.8. The van der Waals surface area contributed by atoms with Crippen molar-refractivity contribution in [2.45, 2.75) is 45.4 Å². The molecule has 5 nitrogen and oxygen atoms in total. The molecule has 1 aliphatic heterocycles. The van der Waals surface area contributed by atoms with Crippen molar-refractivity contribution in [1.82, 2.24) is 10.2 Å². The highest BCUT2D eigenvalue weighted by Gasteiger charge is 2.19. The molecule has 2 N–H and O–H groups in total. The number of hydrogen-bond acceptors (Lipinski definition) is 4. The Morgan fingerprint density at radius 2 is 2.32 bits per heavy atom. The molecule has 1 atom stereocenters. The van der Waals surface area contributed by atoms with E-state index in [1.807, 2.05) is 18.2 Å². The van der Waals surface area contributed by atoms with E-state index < -0.39 is 0 Å². The Kier molecular flexibility index (Phi) is 6.68. The lowest BCUT2D eigenvalue weighted by atomic mass is 10.1. The van der Waals surface area contributed by atoms with Gasteiger partial charge in [0.15, 0.2) is 0 Å². The number of aliphatic hydroxyl groups is 1. The van der Waals surface area contributed by atoms with Crippen LogP contribution in [0.3, 0.4) is 0 Å². The molecule has 0 bridgehead atoms. The van der Waals surface area contributed by atoms with Gasteiger partial charge in [0.1, 0.15) is 12.0 Å². The summed E-state index contributed by atoms with van der Waals surface area (Å²) >= 11 is 0. The van der Waals surface area contributed by atoms with Gasteiger partial charge in [-0.3, -0.25) is 9.69 Å². The molecule has 0 aromatic heterocycles. The Morgan fingerprint density at radius 3 is 3.09 bits per heavy atom. The summed E-state index contributed by atoms with van der Waals surface area (Å²) in [4.78, 5) is 12.9. The number of benzene rings is 1. The molecule has 2 rings (SSSR count). The number of nitrogens with one attached hydrogen (secondary N) is 1. The van der Waals surface area contributed by atoms with Crippen molar-refractivity contribution in [2.75, 3.05) is 19.7 Å². The van der Waals surface area contributed by atoms with E-state index in [0.29, 0.717) is 13.2 Å². The Hall–Kier alpha value is -1.59. The van der Waals surface area contributed by atoms with Crippen LogP contribution in [0.2, 0.25) is 0 Å². The van der Waals surface area contributed by atoms with E-state index in [9.17, 15) is 9.90 Å². The van der Waals surface area contributed by atoms with Crippen LogP contribution in [0.4, 0.5) is 0 Å². The van der Waals surface area contributed by atoms with Crippen LogP contribution in [0.1, 0.15) is 38.2 Å². The molecule has 22 heavy (non-hydrogen) atoms. The predicted molar refractivity (Wildman–Crippen MR) is 85.5 cm³/mol. The van der Waals surface area contributed by atoms with E-state index >= 15 is 0 Å². The number of amides is 1. The van der Waals surface area contributed by atoms with Crippen LogP contribution in [-0.4, -0.2) is 41.8 Å². The molecule has 0 aliphatic carbocycles. The first kappa shape index (κ1) is 16.8. The fourth-order valence-electron chi connectivity index (χ4n) is 2.65. The maximum Gasteiger partial charge on any atom is 0.216 e. The third kappa shape index (κ3) is 5.66. The number of ether oxygens (including phenoxy) is 1. The summed E-state index contributed by atoms with van der Waals surface area (Å²) in [6, 6.07) is 8.01. The molecule has 1 heterocycles. The second-order valence-corrected chi connectivity index (χ2v) is 5.78. The quantitative estimate of drug-likeness (QED) is 0.755. The average molecular weight is 306 g/mol. The average Bonchev–Trinajstić information content (AvgIpc) is 2.49. The third-order valence-electron chi connectivity index (χ3n) is 3.83. The Morgan fingerprint density at radius 1 is 1.45 bits per heavy atom. The van der Waals surface area contributed by atoms with Gasteiger partial charge >= 0.3 is 0 Å². The highest BCUT2D eigenvalue weighted by Crippen LogP contribution is 2.20. The fourth-order valence-corrected chi connectivity index (χ4v) is 2.65. The molecule has 1 fully saturated rings. The molecular formula is C17H26N2O3. The van der Waals surface area contributed by atoms with Crippen LogP contribution in [-0.2, 0) is 11.3 Å². The number of hydrogen-bond donors (Lipinski definition) is 2. The van der Waals surface area contributed by atoms with Gasteiger partial charge in [-0.15, -0.1) is 0 Å². The molecule has 1 aliphatic rings. The van der Waals surface area contributed by atoms with E-state index in [2.05, 4.69) is 16.3 Å². The van der Waals surface area contributed by atoms with Gasteiger partial charge in [-0.25, -0.2) is 0 Å². The van der Waals surface area contributed by atoms with Crippen molar-refractivity contribution < 1.29 is 14.6 Å². The first-order chi connectivity index (χ1) is 10.6. The maximum absolute atomic E-state index is 10.8. The largest absolute Gasteiger partial charge is 0.494 e. The van der Waals surface area contributed by atoms with Gasteiger partial charge in [0.25, 0.3) is 0 Å². The molecule has 1 aromatic rings. The SMILES string of the molecule is CC(=O)NCCCOc1cccc(CN2CCCCC2O)c1. The topological polar surface area (TPSA) is 61.8 Å². The number of likely N-dealkylation sites (tertiary alicyclic amines) is 1. The van der Waals surface area contributed by atoms with Crippen molar-refractivity contribution in [2.24, 2.45) is 0 Å². The van der Waals surface area contributed by atoms with Crippen LogP contribution in [0.5, 0.6) is 5.75 Å². The summed E-state index contributed by atoms with van der Waals surface area (Å²) in [5, 5.41) is 12.8. The minimum Gasteiger partial charge on any atom is -0.494 e. The number of nitrogens with zero attached hydrogens (tertiary/aromatic N) is 1. The van der Waals surface area contributed by atoms with Crippen LogP contribution in [0.15, 0.2) is 24.3 Å². The van der Waals surface area contributed by atoms with E-state index in [4.69, 9.17) is 4.74 Å². The van der Waals surface area contributed by atoms with Crippen LogP contribution in [0.25, 0.3) is 0 Å². The van der Waals surface area contributed by atoms with Gasteiger partial charge in [-0.1, -0.05) is 12.1 Å². The highest BCUT2D eigenvalue weighted by atomic mass is 16.5. The van der Waals surface area contributed by atoms with E-state index in [1.165, 1.54) is 6.92 Å². The van der Waals surface area contributed by atoms with Gasteiger partial charge in [0, 0.05) is 26.6 Å². The molecule has 1 aromatic carbocycles. The predicted octanol–water partition coefficient (Wildman–Crippen LogP) is 1.90.